The van der Waals surface area contributed by atoms with Crippen LogP contribution in [-0.4, -0.2) is 28.0 Å². The maximum atomic E-state index is 12.8. The molecule has 6 rings (SSSR count). The zero-order valence-electron chi connectivity index (χ0n) is 17.2. The molecule has 1 saturated heterocycles. The summed E-state index contributed by atoms with van der Waals surface area (Å²) in [6.07, 6.45) is 7.61. The van der Waals surface area contributed by atoms with Crippen LogP contribution < -0.4 is 4.74 Å². The molecule has 0 radical (unpaired) electrons. The number of amides is 2. The van der Waals surface area contributed by atoms with Gasteiger partial charge in [0.2, 0.25) is 0 Å². The Balaban J connectivity index is 1.21. The first kappa shape index (κ1) is 20.1. The van der Waals surface area contributed by atoms with E-state index in [1.165, 1.54) is 18.3 Å². The lowest BCUT2D eigenvalue weighted by Crippen LogP contribution is -2.38. The lowest BCUT2D eigenvalue weighted by molar-refractivity contribution is -0.384. The van der Waals surface area contributed by atoms with Crippen molar-refractivity contribution in [3.05, 3.63) is 81.9 Å². The van der Waals surface area contributed by atoms with Gasteiger partial charge in [0.1, 0.15) is 12.4 Å². The Hall–Kier alpha value is -3.81. The van der Waals surface area contributed by atoms with Crippen molar-refractivity contribution in [2.24, 2.45) is 28.8 Å². The normalized spacial score (nSPS) is 26.1. The number of ether oxygens (including phenoxy) is 1. The van der Waals surface area contributed by atoms with E-state index in [4.69, 9.17) is 4.74 Å². The minimum absolute atomic E-state index is 0.0375. The largest absolute Gasteiger partial charge is 0.489 e. The Morgan fingerprint density at radius 3 is 2.09 bits per heavy atom. The molecule has 1 heterocycles. The standard InChI is InChI=1S/C24H21N3O5/c28-23-21-17-5-6-18(8-7-17)22(21)24(29)26(23)25-13-15-3-11-20(12-4-15)32-14-16-1-9-19(10-2-16)27(30)31/h1-6,9-13,17-18,21-22H,7-8,14H2/b25-13-/t17-,18-,21-,22+/m0/s1. The predicted octanol–water partition coefficient (Wildman–Crippen LogP) is 3.70. The van der Waals surface area contributed by atoms with Crippen molar-refractivity contribution in [2.45, 2.75) is 19.4 Å². The highest BCUT2D eigenvalue weighted by Crippen LogP contribution is 2.49. The van der Waals surface area contributed by atoms with Crippen LogP contribution in [-0.2, 0) is 16.2 Å². The van der Waals surface area contributed by atoms with Gasteiger partial charge in [-0.25, -0.2) is 0 Å². The summed E-state index contributed by atoms with van der Waals surface area (Å²) in [7, 11) is 0. The number of non-ortho nitro benzene ring substituents is 1. The number of carbonyl (C=O) groups is 2. The Labute approximate surface area is 184 Å². The van der Waals surface area contributed by atoms with Gasteiger partial charge in [0.05, 0.1) is 23.0 Å². The van der Waals surface area contributed by atoms with Crippen molar-refractivity contribution in [3.8, 4) is 5.75 Å². The van der Waals surface area contributed by atoms with E-state index < -0.39 is 4.92 Å². The van der Waals surface area contributed by atoms with E-state index in [0.29, 0.717) is 5.75 Å². The van der Waals surface area contributed by atoms with Crippen molar-refractivity contribution in [1.82, 2.24) is 5.01 Å². The number of hydrogen-bond donors (Lipinski definition) is 0. The minimum atomic E-state index is -0.441. The molecule has 1 saturated carbocycles. The molecule has 3 aliphatic carbocycles. The molecule has 4 atom stereocenters. The van der Waals surface area contributed by atoms with E-state index in [2.05, 4.69) is 17.3 Å². The average molecular weight is 431 g/mol. The summed E-state index contributed by atoms with van der Waals surface area (Å²) in [5, 5.41) is 16.0. The molecule has 1 aliphatic heterocycles. The Morgan fingerprint density at radius 2 is 1.56 bits per heavy atom. The molecule has 162 valence electrons. The number of fused-ring (bicyclic) bond motifs is 1. The Bertz CT molecular complexity index is 1090. The molecule has 2 bridgehead atoms. The van der Waals surface area contributed by atoms with Gasteiger partial charge in [-0.2, -0.15) is 10.1 Å². The first-order valence-electron chi connectivity index (χ1n) is 10.6. The summed E-state index contributed by atoms with van der Waals surface area (Å²) < 4.78 is 5.71. The molecule has 0 N–H and O–H groups in total. The molecule has 2 aromatic rings. The molecule has 4 aliphatic rings. The average Bonchev–Trinajstić information content (AvgIpc) is 3.10. The number of imide groups is 1. The fourth-order valence-electron chi connectivity index (χ4n) is 4.83. The third kappa shape index (κ3) is 3.57. The van der Waals surface area contributed by atoms with E-state index in [-0.39, 0.29) is 47.8 Å². The van der Waals surface area contributed by atoms with Gasteiger partial charge in [0.25, 0.3) is 17.5 Å². The monoisotopic (exact) mass is 431 g/mol. The second-order valence-electron chi connectivity index (χ2n) is 8.36. The number of hydrogen-bond acceptors (Lipinski definition) is 6. The summed E-state index contributed by atoms with van der Waals surface area (Å²) in [6, 6.07) is 13.3. The van der Waals surface area contributed by atoms with Gasteiger partial charge < -0.3 is 4.74 Å². The lowest BCUT2D eigenvalue weighted by Gasteiger charge is -2.37. The predicted molar refractivity (Wildman–Crippen MR) is 116 cm³/mol. The van der Waals surface area contributed by atoms with E-state index in [1.807, 2.05) is 0 Å². The van der Waals surface area contributed by atoms with Gasteiger partial charge in [-0.1, -0.05) is 12.2 Å². The van der Waals surface area contributed by atoms with Gasteiger partial charge in [0, 0.05) is 12.1 Å². The Morgan fingerprint density at radius 1 is 0.969 bits per heavy atom. The highest BCUT2D eigenvalue weighted by Gasteiger charge is 2.56. The molecular weight excluding hydrogens is 410 g/mol. The summed E-state index contributed by atoms with van der Waals surface area (Å²) in [6.45, 7) is 0.279. The first-order chi connectivity index (χ1) is 15.5. The second-order valence-corrected chi connectivity index (χ2v) is 8.36. The number of carbonyl (C=O) groups excluding carboxylic acids is 2. The van der Waals surface area contributed by atoms with Crippen LogP contribution in [0.15, 0.2) is 65.8 Å². The second kappa shape index (κ2) is 8.03. The summed E-state index contributed by atoms with van der Waals surface area (Å²) in [5.74, 6) is -0.000868. The molecule has 2 fully saturated rings. The molecule has 0 spiro atoms. The van der Waals surface area contributed by atoms with Crippen LogP contribution in [0, 0.1) is 33.8 Å². The fraction of sp³-hybridized carbons (Fsp3) is 0.292. The van der Waals surface area contributed by atoms with Gasteiger partial charge in [-0.3, -0.25) is 19.7 Å². The zero-order valence-corrected chi connectivity index (χ0v) is 17.2. The number of nitro groups is 1. The maximum Gasteiger partial charge on any atom is 0.269 e. The topological polar surface area (TPSA) is 102 Å². The highest BCUT2D eigenvalue weighted by molar-refractivity contribution is 6.06. The number of nitrogens with zero attached hydrogens (tertiary/aromatic N) is 3. The van der Waals surface area contributed by atoms with Crippen LogP contribution >= 0.6 is 0 Å². The van der Waals surface area contributed by atoms with E-state index in [9.17, 15) is 19.7 Å². The van der Waals surface area contributed by atoms with E-state index >= 15 is 0 Å². The zero-order chi connectivity index (χ0) is 22.2. The summed E-state index contributed by atoms with van der Waals surface area (Å²) in [4.78, 5) is 35.9. The third-order valence-corrected chi connectivity index (χ3v) is 6.49. The smallest absolute Gasteiger partial charge is 0.269 e. The SMILES string of the molecule is O=C1[C@@H]2[C@H](C(=O)N1/N=C\c1ccc(OCc3ccc([N+](=O)[O-])cc3)cc1)[C@H]1C=C[C@H]2CC1. The van der Waals surface area contributed by atoms with Gasteiger partial charge in [-0.05, 0) is 72.2 Å². The van der Waals surface area contributed by atoms with Gasteiger partial charge in [-0.15, -0.1) is 0 Å². The molecule has 2 aromatic carbocycles. The van der Waals surface area contributed by atoms with Crippen molar-refractivity contribution in [3.63, 3.8) is 0 Å². The van der Waals surface area contributed by atoms with Crippen LogP contribution in [0.3, 0.4) is 0 Å². The number of nitro benzene ring substituents is 1. The summed E-state index contributed by atoms with van der Waals surface area (Å²) in [5.41, 5.74) is 1.59. The minimum Gasteiger partial charge on any atom is -0.489 e. The molecule has 0 unspecified atom stereocenters. The summed E-state index contributed by atoms with van der Waals surface area (Å²) >= 11 is 0. The molecule has 0 aromatic heterocycles. The first-order valence-corrected chi connectivity index (χ1v) is 10.6. The van der Waals surface area contributed by atoms with Crippen LogP contribution in [0.25, 0.3) is 0 Å². The number of benzene rings is 2. The molecule has 2 amide bonds. The van der Waals surface area contributed by atoms with E-state index in [1.54, 1.807) is 36.4 Å². The van der Waals surface area contributed by atoms with E-state index in [0.717, 1.165) is 29.0 Å². The quantitative estimate of drug-likeness (QED) is 0.228. The van der Waals surface area contributed by atoms with Crippen LogP contribution in [0.4, 0.5) is 5.69 Å². The van der Waals surface area contributed by atoms with Gasteiger partial charge in [0.15, 0.2) is 0 Å². The van der Waals surface area contributed by atoms with Crippen LogP contribution in [0.5, 0.6) is 5.75 Å². The molecule has 8 nitrogen and oxygen atoms in total. The number of rotatable bonds is 6. The van der Waals surface area contributed by atoms with Crippen molar-refractivity contribution >= 4 is 23.7 Å². The molecular formula is C24H21N3O5. The number of hydrazone groups is 1. The lowest BCUT2D eigenvalue weighted by atomic mass is 9.63. The van der Waals surface area contributed by atoms with Crippen molar-refractivity contribution in [2.75, 3.05) is 0 Å². The highest BCUT2D eigenvalue weighted by atomic mass is 16.6. The molecule has 8 heteroatoms. The van der Waals surface area contributed by atoms with Crippen molar-refractivity contribution < 1.29 is 19.2 Å². The number of allylic oxidation sites excluding steroid dienone is 2. The third-order valence-electron chi connectivity index (χ3n) is 6.49. The Kier molecular flexibility index (Phi) is 5.05. The van der Waals surface area contributed by atoms with Crippen LogP contribution in [0.2, 0.25) is 0 Å². The molecule has 32 heavy (non-hydrogen) atoms. The van der Waals surface area contributed by atoms with Crippen molar-refractivity contribution in [1.29, 1.82) is 0 Å². The van der Waals surface area contributed by atoms with Gasteiger partial charge >= 0.3 is 0 Å². The maximum absolute atomic E-state index is 12.8. The fourth-order valence-corrected chi connectivity index (χ4v) is 4.83. The van der Waals surface area contributed by atoms with Crippen LogP contribution in [0.1, 0.15) is 24.0 Å².